The van der Waals surface area contributed by atoms with Crippen LogP contribution in [-0.4, -0.2) is 17.8 Å². The van der Waals surface area contributed by atoms with Crippen LogP contribution in [0.5, 0.6) is 0 Å². The van der Waals surface area contributed by atoms with Crippen LogP contribution in [0.2, 0.25) is 0 Å². The Morgan fingerprint density at radius 2 is 2.06 bits per heavy atom. The molecular weight excluding hydrogens is 231 g/mol. The minimum Gasteiger partial charge on any atom is -0.846 e. The monoisotopic (exact) mass is 246 g/mol. The van der Waals surface area contributed by atoms with Gasteiger partial charge in [0.2, 0.25) is 5.91 Å². The molecule has 5 nitrogen and oxygen atoms in total. The molecule has 1 N–H and O–H groups in total. The van der Waals surface area contributed by atoms with Crippen molar-refractivity contribution in [3.8, 4) is 0 Å². The Morgan fingerprint density at radius 1 is 1.53 bits per heavy atom. The van der Waals surface area contributed by atoms with E-state index in [9.17, 15) is 14.7 Å². The summed E-state index contributed by atoms with van der Waals surface area (Å²) < 4.78 is 0. The summed E-state index contributed by atoms with van der Waals surface area (Å²) in [5, 5.41) is 13.0. The fourth-order valence-electron chi connectivity index (χ4n) is 1.87. The van der Waals surface area contributed by atoms with Gasteiger partial charge in [-0.05, 0) is 19.3 Å². The number of nitrogens with zero attached hydrogens (tertiary/aromatic N) is 1. The zero-order valence-corrected chi connectivity index (χ0v) is 12.7. The van der Waals surface area contributed by atoms with Crippen molar-refractivity contribution >= 4 is 17.8 Å². The second-order valence-corrected chi connectivity index (χ2v) is 4.44. The van der Waals surface area contributed by atoms with Crippen molar-refractivity contribution in [2.75, 3.05) is 0 Å². The molecule has 6 heteroatoms. The molecule has 1 heterocycles. The van der Waals surface area contributed by atoms with Gasteiger partial charge in [-0.1, -0.05) is 19.4 Å². The first-order valence-corrected chi connectivity index (χ1v) is 5.06. The molecule has 0 bridgehead atoms. The summed E-state index contributed by atoms with van der Waals surface area (Å²) in [5.41, 5.74) is -0.568. The first-order valence-electron chi connectivity index (χ1n) is 5.06. The number of hydrogen-bond acceptors (Lipinski definition) is 3. The van der Waals surface area contributed by atoms with Gasteiger partial charge >= 0.3 is 29.6 Å². The molecular formula is C11H15N2NaO3. The van der Waals surface area contributed by atoms with Gasteiger partial charge in [0, 0.05) is 0 Å². The summed E-state index contributed by atoms with van der Waals surface area (Å²) in [6, 6.07) is -0.881. The van der Waals surface area contributed by atoms with Crippen molar-refractivity contribution in [2.24, 2.45) is 16.3 Å². The van der Waals surface area contributed by atoms with Gasteiger partial charge in [0.05, 0.1) is 6.02 Å². The molecule has 88 valence electrons. The van der Waals surface area contributed by atoms with Gasteiger partial charge < -0.3 is 10.4 Å². The summed E-state index contributed by atoms with van der Waals surface area (Å²) in [7, 11) is 0. The smallest absolute Gasteiger partial charge is 0.846 e. The molecule has 0 aromatic rings. The number of carbonyl (C=O) groups is 2. The molecule has 1 rings (SSSR count). The van der Waals surface area contributed by atoms with E-state index in [0.717, 1.165) is 0 Å². The van der Waals surface area contributed by atoms with Crippen LogP contribution in [-0.2, 0) is 9.59 Å². The maximum atomic E-state index is 11.9. The minimum absolute atomic E-state index is 0. The van der Waals surface area contributed by atoms with Crippen molar-refractivity contribution in [3.63, 3.8) is 0 Å². The largest absolute Gasteiger partial charge is 1.00 e. The Hall–Kier alpha value is -0.650. The van der Waals surface area contributed by atoms with Gasteiger partial charge in [0.15, 0.2) is 0 Å². The summed E-state index contributed by atoms with van der Waals surface area (Å²) >= 11 is 0. The zero-order valence-electron chi connectivity index (χ0n) is 10.7. The molecule has 1 atom stereocenters. The number of hydrogen-bond donors (Lipinski definition) is 1. The Morgan fingerprint density at radius 3 is 2.41 bits per heavy atom. The number of amides is 2. The SMILES string of the molecule is C=C(C)CC1(C(C)C)C(=O)N=C([O-])NC1=O.[Na+]. The molecule has 0 fully saturated rings. The van der Waals surface area contributed by atoms with E-state index in [-0.39, 0.29) is 41.9 Å². The topological polar surface area (TPSA) is 81.6 Å². The van der Waals surface area contributed by atoms with Crippen molar-refractivity contribution in [1.29, 1.82) is 0 Å². The first-order chi connectivity index (χ1) is 7.30. The van der Waals surface area contributed by atoms with Gasteiger partial charge in [-0.25, -0.2) is 4.99 Å². The fourth-order valence-corrected chi connectivity index (χ4v) is 1.87. The first kappa shape index (κ1) is 16.4. The molecule has 0 radical (unpaired) electrons. The molecule has 1 aliphatic rings. The Kier molecular flexibility index (Phi) is 5.58. The Bertz CT molecular complexity index is 390. The molecule has 0 saturated carbocycles. The fraction of sp³-hybridized carbons (Fsp3) is 0.545. The second kappa shape index (κ2) is 5.80. The Balaban J connectivity index is 0.00000256. The van der Waals surface area contributed by atoms with E-state index >= 15 is 0 Å². The van der Waals surface area contributed by atoms with E-state index in [1.807, 2.05) is 0 Å². The minimum atomic E-state index is -1.28. The van der Waals surface area contributed by atoms with Crippen molar-refractivity contribution in [3.05, 3.63) is 12.2 Å². The summed E-state index contributed by atoms with van der Waals surface area (Å²) in [4.78, 5) is 27.0. The van der Waals surface area contributed by atoms with Crippen molar-refractivity contribution < 1.29 is 44.3 Å². The number of carbonyl (C=O) groups excluding carboxylic acids is 2. The van der Waals surface area contributed by atoms with Gasteiger partial charge in [0.1, 0.15) is 5.41 Å². The van der Waals surface area contributed by atoms with Crippen LogP contribution in [0.4, 0.5) is 0 Å². The van der Waals surface area contributed by atoms with E-state index in [0.29, 0.717) is 5.57 Å². The van der Waals surface area contributed by atoms with E-state index in [4.69, 9.17) is 0 Å². The number of nitrogens with one attached hydrogen (secondary N) is 1. The van der Waals surface area contributed by atoms with Crippen molar-refractivity contribution in [2.45, 2.75) is 27.2 Å². The number of amidine groups is 1. The van der Waals surface area contributed by atoms with E-state index in [2.05, 4.69) is 16.9 Å². The number of aliphatic imine (C=N–C) groups is 1. The van der Waals surface area contributed by atoms with Gasteiger partial charge in [-0.2, -0.15) is 0 Å². The molecule has 1 unspecified atom stereocenters. The standard InChI is InChI=1S/C11H16N2O3.Na/c1-6(2)5-11(7(3)4)8(14)12-10(16)13-9(11)15;/h7H,1,5H2,2-4H3,(H2,12,13,14,15,16);/q;+1/p-1. The maximum absolute atomic E-state index is 11.9. The molecule has 2 amide bonds. The number of rotatable bonds is 3. The summed E-state index contributed by atoms with van der Waals surface area (Å²) in [6.07, 6.45) is 0.214. The van der Waals surface area contributed by atoms with E-state index in [1.165, 1.54) is 0 Å². The maximum Gasteiger partial charge on any atom is 1.00 e. The zero-order chi connectivity index (χ0) is 12.5. The van der Waals surface area contributed by atoms with Crippen LogP contribution < -0.4 is 40.0 Å². The summed E-state index contributed by atoms with van der Waals surface area (Å²) in [5.74, 6) is -1.48. The molecule has 17 heavy (non-hydrogen) atoms. The van der Waals surface area contributed by atoms with Crippen LogP contribution in [0.15, 0.2) is 17.1 Å². The second-order valence-electron chi connectivity index (χ2n) is 4.44. The summed E-state index contributed by atoms with van der Waals surface area (Å²) in [6.45, 7) is 8.95. The third-order valence-corrected chi connectivity index (χ3v) is 2.78. The van der Waals surface area contributed by atoms with E-state index in [1.54, 1.807) is 20.8 Å². The molecule has 0 aromatic carbocycles. The van der Waals surface area contributed by atoms with Gasteiger partial charge in [-0.15, -0.1) is 6.58 Å². The molecule has 1 aliphatic heterocycles. The number of allylic oxidation sites excluding steroid dienone is 1. The molecule has 0 aliphatic carbocycles. The average molecular weight is 246 g/mol. The predicted molar refractivity (Wildman–Crippen MR) is 57.3 cm³/mol. The third-order valence-electron chi connectivity index (χ3n) is 2.78. The Labute approximate surface area is 123 Å². The van der Waals surface area contributed by atoms with Crippen LogP contribution in [0.1, 0.15) is 27.2 Å². The quantitative estimate of drug-likeness (QED) is 0.327. The van der Waals surface area contributed by atoms with Gasteiger partial charge in [-0.3, -0.25) is 9.59 Å². The van der Waals surface area contributed by atoms with E-state index < -0.39 is 23.3 Å². The average Bonchev–Trinajstić information content (AvgIpc) is 2.10. The predicted octanol–water partition coefficient (Wildman–Crippen LogP) is -3.03. The third kappa shape index (κ3) is 2.97. The molecule has 0 saturated heterocycles. The van der Waals surface area contributed by atoms with Crippen LogP contribution in [0.25, 0.3) is 0 Å². The molecule has 0 spiro atoms. The van der Waals surface area contributed by atoms with Gasteiger partial charge in [0.25, 0.3) is 5.91 Å². The van der Waals surface area contributed by atoms with Crippen LogP contribution >= 0.6 is 0 Å². The van der Waals surface area contributed by atoms with Crippen LogP contribution in [0.3, 0.4) is 0 Å². The normalized spacial score (nSPS) is 23.9. The van der Waals surface area contributed by atoms with Crippen LogP contribution in [0, 0.1) is 11.3 Å². The van der Waals surface area contributed by atoms with Crippen molar-refractivity contribution in [1.82, 2.24) is 5.32 Å². The molecule has 0 aromatic heterocycles.